The first-order valence-electron chi connectivity index (χ1n) is 7.14. The first-order valence-corrected chi connectivity index (χ1v) is 7.55. The minimum absolute atomic E-state index is 0.277. The van der Waals surface area contributed by atoms with Crippen LogP contribution in [0.15, 0.2) is 41.4 Å². The highest BCUT2D eigenvalue weighted by atomic mass is 32.1. The van der Waals surface area contributed by atoms with Crippen LogP contribution in [0.5, 0.6) is 0 Å². The van der Waals surface area contributed by atoms with Gasteiger partial charge in [-0.1, -0.05) is 24.3 Å². The lowest BCUT2D eigenvalue weighted by atomic mass is 9.99. The molecule has 2 aromatic carbocycles. The largest absolute Gasteiger partial charge is 0.205 e. The smallest absolute Gasteiger partial charge is 0.150 e. The van der Waals surface area contributed by atoms with Gasteiger partial charge in [-0.25, -0.2) is 4.39 Å². The average molecular weight is 297 g/mol. The van der Waals surface area contributed by atoms with Gasteiger partial charge in [0.2, 0.25) is 0 Å². The first-order chi connectivity index (χ1) is 10.2. The Kier molecular flexibility index (Phi) is 3.96. The molecule has 0 spiro atoms. The second-order valence-corrected chi connectivity index (χ2v) is 5.85. The number of benzene rings is 2. The zero-order valence-electron chi connectivity index (χ0n) is 11.9. The van der Waals surface area contributed by atoms with E-state index in [1.807, 2.05) is 13.0 Å². The molecule has 0 amide bonds. The number of thiocarbonyl (C=S) groups is 1. The van der Waals surface area contributed by atoms with Gasteiger partial charge in [-0.3, -0.25) is 0 Å². The van der Waals surface area contributed by atoms with Crippen LogP contribution >= 0.6 is 12.2 Å². The summed E-state index contributed by atoms with van der Waals surface area (Å²) in [7, 11) is 0. The van der Waals surface area contributed by atoms with E-state index in [9.17, 15) is 4.39 Å². The molecule has 0 aliphatic heterocycles. The summed E-state index contributed by atoms with van der Waals surface area (Å²) >= 11 is 4.55. The highest BCUT2D eigenvalue weighted by Crippen LogP contribution is 2.33. The van der Waals surface area contributed by atoms with E-state index in [-0.39, 0.29) is 11.5 Å². The average Bonchev–Trinajstić information content (AvgIpc) is 3.27. The SMILES string of the molecule is Cc1cc(-c2ccc(CC3CC3)cc2)cc(F)c1N=C=S. The third kappa shape index (κ3) is 3.26. The highest BCUT2D eigenvalue weighted by molar-refractivity contribution is 7.78. The molecule has 0 atom stereocenters. The molecule has 1 aliphatic carbocycles. The maximum Gasteiger partial charge on any atom is 0.150 e. The lowest BCUT2D eigenvalue weighted by Crippen LogP contribution is -1.89. The molecule has 0 saturated heterocycles. The Morgan fingerprint density at radius 2 is 1.90 bits per heavy atom. The van der Waals surface area contributed by atoms with Crippen molar-refractivity contribution >= 4 is 23.1 Å². The molecule has 0 aromatic heterocycles. The van der Waals surface area contributed by atoms with E-state index >= 15 is 0 Å². The Labute approximate surface area is 129 Å². The van der Waals surface area contributed by atoms with Gasteiger partial charge in [0.05, 0.1) is 5.16 Å². The van der Waals surface area contributed by atoms with Crippen molar-refractivity contribution in [3.05, 3.63) is 53.3 Å². The van der Waals surface area contributed by atoms with Crippen LogP contribution in [-0.2, 0) is 6.42 Å². The van der Waals surface area contributed by atoms with Crippen LogP contribution in [0, 0.1) is 18.7 Å². The summed E-state index contributed by atoms with van der Waals surface area (Å²) in [5, 5.41) is 2.22. The van der Waals surface area contributed by atoms with Crippen molar-refractivity contribution in [1.29, 1.82) is 0 Å². The van der Waals surface area contributed by atoms with Crippen LogP contribution in [-0.4, -0.2) is 5.16 Å². The fourth-order valence-corrected chi connectivity index (χ4v) is 2.67. The number of hydrogen-bond donors (Lipinski definition) is 0. The summed E-state index contributed by atoms with van der Waals surface area (Å²) in [4.78, 5) is 3.78. The van der Waals surface area contributed by atoms with Gasteiger partial charge >= 0.3 is 0 Å². The summed E-state index contributed by atoms with van der Waals surface area (Å²) in [6.45, 7) is 1.83. The van der Waals surface area contributed by atoms with E-state index < -0.39 is 0 Å². The fourth-order valence-electron chi connectivity index (χ4n) is 2.58. The monoisotopic (exact) mass is 297 g/mol. The number of aryl methyl sites for hydroxylation is 1. The Hall–Kier alpha value is -1.83. The molecule has 1 saturated carbocycles. The van der Waals surface area contributed by atoms with E-state index in [1.54, 1.807) is 0 Å². The number of nitrogens with zero attached hydrogens (tertiary/aromatic N) is 1. The van der Waals surface area contributed by atoms with Crippen LogP contribution in [0.1, 0.15) is 24.0 Å². The predicted octanol–water partition coefficient (Wildman–Crippen LogP) is 5.49. The predicted molar refractivity (Wildman–Crippen MR) is 87.7 cm³/mol. The van der Waals surface area contributed by atoms with Crippen molar-refractivity contribution in [2.24, 2.45) is 10.9 Å². The van der Waals surface area contributed by atoms with Gasteiger partial charge in [0.15, 0.2) is 5.82 Å². The Morgan fingerprint density at radius 3 is 2.48 bits per heavy atom. The van der Waals surface area contributed by atoms with Gasteiger partial charge in [-0.15, -0.1) is 0 Å². The molecule has 0 heterocycles. The van der Waals surface area contributed by atoms with Crippen LogP contribution < -0.4 is 0 Å². The molecule has 0 unspecified atom stereocenters. The Morgan fingerprint density at radius 1 is 1.19 bits per heavy atom. The second-order valence-electron chi connectivity index (χ2n) is 5.67. The van der Waals surface area contributed by atoms with Crippen LogP contribution in [0.4, 0.5) is 10.1 Å². The lowest BCUT2D eigenvalue weighted by Gasteiger charge is -2.08. The summed E-state index contributed by atoms with van der Waals surface area (Å²) < 4.78 is 14.1. The van der Waals surface area contributed by atoms with E-state index in [1.165, 1.54) is 24.5 Å². The van der Waals surface area contributed by atoms with E-state index in [2.05, 4.69) is 46.6 Å². The van der Waals surface area contributed by atoms with Crippen molar-refractivity contribution in [3.8, 4) is 11.1 Å². The van der Waals surface area contributed by atoms with Crippen LogP contribution in [0.3, 0.4) is 0 Å². The van der Waals surface area contributed by atoms with E-state index in [0.29, 0.717) is 0 Å². The molecule has 1 fully saturated rings. The molecule has 21 heavy (non-hydrogen) atoms. The quantitative estimate of drug-likeness (QED) is 0.537. The normalized spacial score (nSPS) is 13.8. The van der Waals surface area contributed by atoms with Gasteiger partial charge < -0.3 is 0 Å². The lowest BCUT2D eigenvalue weighted by molar-refractivity contribution is 0.629. The highest BCUT2D eigenvalue weighted by Gasteiger charge is 2.21. The number of isothiocyanates is 1. The van der Waals surface area contributed by atoms with Crippen molar-refractivity contribution in [1.82, 2.24) is 0 Å². The standard InChI is InChI=1S/C18H16FNS/c1-12-8-16(10-17(19)18(12)20-11-21)15-6-4-14(5-7-15)9-13-2-3-13/h4-8,10,13H,2-3,9H2,1H3. The maximum atomic E-state index is 14.1. The molecule has 106 valence electrons. The topological polar surface area (TPSA) is 12.4 Å². The zero-order valence-corrected chi connectivity index (χ0v) is 12.7. The second kappa shape index (κ2) is 5.88. The molecular weight excluding hydrogens is 281 g/mol. The summed E-state index contributed by atoms with van der Waals surface area (Å²) in [5.41, 5.74) is 4.30. The molecule has 0 radical (unpaired) electrons. The number of rotatable bonds is 4. The molecule has 0 N–H and O–H groups in total. The van der Waals surface area contributed by atoms with E-state index in [0.717, 1.165) is 29.0 Å². The molecule has 3 heteroatoms. The summed E-state index contributed by atoms with van der Waals surface area (Å²) in [6.07, 6.45) is 3.87. The van der Waals surface area contributed by atoms with Gasteiger partial charge in [0.25, 0.3) is 0 Å². The van der Waals surface area contributed by atoms with Gasteiger partial charge in [0, 0.05) is 0 Å². The molecule has 1 aliphatic rings. The van der Waals surface area contributed by atoms with Crippen molar-refractivity contribution in [3.63, 3.8) is 0 Å². The number of aliphatic imine (C=N–C) groups is 1. The minimum atomic E-state index is -0.357. The van der Waals surface area contributed by atoms with Crippen molar-refractivity contribution in [2.75, 3.05) is 0 Å². The Balaban J connectivity index is 1.90. The molecule has 3 rings (SSSR count). The third-order valence-electron chi connectivity index (χ3n) is 3.92. The number of hydrogen-bond acceptors (Lipinski definition) is 2. The molecular formula is C18H16FNS. The van der Waals surface area contributed by atoms with Gasteiger partial charge in [-0.2, -0.15) is 4.99 Å². The van der Waals surface area contributed by atoms with E-state index in [4.69, 9.17) is 0 Å². The maximum absolute atomic E-state index is 14.1. The molecule has 1 nitrogen and oxygen atoms in total. The zero-order chi connectivity index (χ0) is 14.8. The Bertz CT molecular complexity index is 687. The summed E-state index contributed by atoms with van der Waals surface area (Å²) in [5.74, 6) is 0.520. The van der Waals surface area contributed by atoms with Gasteiger partial charge in [-0.05, 0) is 78.7 Å². The van der Waals surface area contributed by atoms with Crippen LogP contribution in [0.25, 0.3) is 11.1 Å². The number of halogens is 1. The minimum Gasteiger partial charge on any atom is -0.205 e. The van der Waals surface area contributed by atoms with Crippen molar-refractivity contribution < 1.29 is 4.39 Å². The third-order valence-corrected chi connectivity index (χ3v) is 4.01. The summed E-state index contributed by atoms with van der Waals surface area (Å²) in [6, 6.07) is 11.9. The van der Waals surface area contributed by atoms with Crippen LogP contribution in [0.2, 0.25) is 0 Å². The first kappa shape index (κ1) is 14.1. The fraction of sp³-hybridized carbons (Fsp3) is 0.278. The van der Waals surface area contributed by atoms with Crippen molar-refractivity contribution in [2.45, 2.75) is 26.2 Å². The molecule has 2 aromatic rings. The van der Waals surface area contributed by atoms with Gasteiger partial charge in [0.1, 0.15) is 5.69 Å². The molecule has 0 bridgehead atoms.